The molecule has 0 spiro atoms. The zero-order chi connectivity index (χ0) is 18.8. The number of nitrogens with two attached hydrogens (primary N) is 1. The number of benzene rings is 1. The Balaban J connectivity index is 0.000000565. The molecule has 2 unspecified atom stereocenters. The predicted molar refractivity (Wildman–Crippen MR) is 98.0 cm³/mol. The van der Waals surface area contributed by atoms with Gasteiger partial charge in [-0.15, -0.1) is 5.10 Å². The lowest BCUT2D eigenvalue weighted by atomic mass is 10.2. The van der Waals surface area contributed by atoms with E-state index in [0.717, 1.165) is 48.5 Å². The molecule has 2 saturated heterocycles. The Morgan fingerprint density at radius 1 is 1.07 bits per heavy atom. The van der Waals surface area contributed by atoms with Crippen molar-refractivity contribution in [1.82, 2.24) is 14.6 Å². The zero-order valence-corrected chi connectivity index (χ0v) is 14.6. The number of rotatable bonds is 2. The third-order valence-corrected chi connectivity index (χ3v) is 4.88. The van der Waals surface area contributed by atoms with Gasteiger partial charge in [-0.3, -0.25) is 0 Å². The van der Waals surface area contributed by atoms with Gasteiger partial charge >= 0.3 is 6.15 Å². The van der Waals surface area contributed by atoms with Crippen LogP contribution in [0.1, 0.15) is 12.8 Å². The van der Waals surface area contributed by atoms with Crippen LogP contribution in [0.25, 0.3) is 16.9 Å². The minimum atomic E-state index is 0.250. The van der Waals surface area contributed by atoms with Crippen molar-refractivity contribution >= 4 is 23.2 Å². The van der Waals surface area contributed by atoms with E-state index in [4.69, 9.17) is 25.0 Å². The average molecular weight is 365 g/mol. The number of morpholine rings is 1. The molecule has 4 heterocycles. The summed E-state index contributed by atoms with van der Waals surface area (Å²) in [6, 6.07) is 11.8. The van der Waals surface area contributed by atoms with Crippen LogP contribution in [0.5, 0.6) is 0 Å². The van der Waals surface area contributed by atoms with Gasteiger partial charge < -0.3 is 15.4 Å². The lowest BCUT2D eigenvalue weighted by Crippen LogP contribution is -2.43. The molecule has 2 atom stereocenters. The van der Waals surface area contributed by atoms with Crippen molar-refractivity contribution < 1.29 is 14.3 Å². The SMILES string of the molecule is Nc1ccc(-c2nc(N3CC4CCC(C3)O4)c3cccn3n2)cc1.O=C=O. The van der Waals surface area contributed by atoms with Gasteiger partial charge in [-0.2, -0.15) is 9.59 Å². The van der Waals surface area contributed by atoms with Crippen LogP contribution in [0.4, 0.5) is 11.5 Å². The lowest BCUT2D eigenvalue weighted by molar-refractivity contribution is -0.191. The standard InChI is InChI=1S/C18H19N5O.CO2/c19-13-5-3-12(4-6-13)17-20-18(16-2-1-9-23(16)21-17)22-10-14-7-8-15(11-22)24-14;2-1-3/h1-6,9,14-15H,7-8,10-11,19H2;. The first-order valence-electron chi connectivity index (χ1n) is 8.79. The van der Waals surface area contributed by atoms with Gasteiger partial charge in [0.25, 0.3) is 0 Å². The fourth-order valence-electron chi connectivity index (χ4n) is 3.69. The number of nitrogens with zero attached hydrogens (tertiary/aromatic N) is 4. The van der Waals surface area contributed by atoms with Crippen molar-refractivity contribution in [2.24, 2.45) is 0 Å². The average Bonchev–Trinajstić information content (AvgIpc) is 3.28. The van der Waals surface area contributed by atoms with E-state index in [-0.39, 0.29) is 6.15 Å². The molecule has 0 amide bonds. The molecule has 2 aliphatic rings. The summed E-state index contributed by atoms with van der Waals surface area (Å²) in [5, 5.41) is 4.65. The smallest absolute Gasteiger partial charge is 0.373 e. The van der Waals surface area contributed by atoms with E-state index < -0.39 is 0 Å². The van der Waals surface area contributed by atoms with Crippen LogP contribution < -0.4 is 10.6 Å². The van der Waals surface area contributed by atoms with E-state index in [1.807, 2.05) is 41.0 Å². The summed E-state index contributed by atoms with van der Waals surface area (Å²) in [5.74, 6) is 1.70. The van der Waals surface area contributed by atoms with Crippen LogP contribution in [0, 0.1) is 0 Å². The number of hydrogen-bond acceptors (Lipinski definition) is 7. The van der Waals surface area contributed by atoms with Gasteiger partial charge in [0, 0.05) is 30.5 Å². The minimum absolute atomic E-state index is 0.250. The summed E-state index contributed by atoms with van der Waals surface area (Å²) < 4.78 is 7.87. The summed E-state index contributed by atoms with van der Waals surface area (Å²) in [7, 11) is 0. The Morgan fingerprint density at radius 2 is 1.74 bits per heavy atom. The highest BCUT2D eigenvalue weighted by Crippen LogP contribution is 2.31. The summed E-state index contributed by atoms with van der Waals surface area (Å²) in [6.45, 7) is 1.80. The quantitative estimate of drug-likeness (QED) is 0.690. The highest BCUT2D eigenvalue weighted by molar-refractivity contribution is 5.72. The summed E-state index contributed by atoms with van der Waals surface area (Å²) in [5.41, 5.74) is 8.54. The molecule has 2 aliphatic heterocycles. The normalized spacial score (nSPS) is 20.8. The van der Waals surface area contributed by atoms with Crippen molar-refractivity contribution in [3.8, 4) is 11.4 Å². The van der Waals surface area contributed by atoms with Crippen LogP contribution in [-0.2, 0) is 14.3 Å². The second-order valence-electron chi connectivity index (χ2n) is 6.66. The summed E-state index contributed by atoms with van der Waals surface area (Å²) >= 11 is 0. The summed E-state index contributed by atoms with van der Waals surface area (Å²) in [6.07, 6.45) is 5.17. The number of fused-ring (bicyclic) bond motifs is 3. The minimum Gasteiger partial charge on any atom is -0.399 e. The predicted octanol–water partition coefficient (Wildman–Crippen LogP) is 1.76. The highest BCUT2D eigenvalue weighted by Gasteiger charge is 2.35. The molecule has 0 radical (unpaired) electrons. The summed E-state index contributed by atoms with van der Waals surface area (Å²) in [4.78, 5) is 23.5. The second kappa shape index (κ2) is 7.19. The molecule has 2 bridgehead atoms. The van der Waals surface area contributed by atoms with E-state index in [2.05, 4.69) is 16.1 Å². The molecule has 2 N–H and O–H groups in total. The van der Waals surface area contributed by atoms with Crippen molar-refractivity contribution in [3.05, 3.63) is 42.6 Å². The van der Waals surface area contributed by atoms with Gasteiger partial charge in [0.2, 0.25) is 0 Å². The first kappa shape index (κ1) is 17.2. The lowest BCUT2D eigenvalue weighted by Gasteiger charge is -2.33. The molecule has 0 aliphatic carbocycles. The third-order valence-electron chi connectivity index (χ3n) is 4.88. The molecular weight excluding hydrogens is 346 g/mol. The van der Waals surface area contributed by atoms with Crippen molar-refractivity contribution in [1.29, 1.82) is 0 Å². The number of hydrogen-bond donors (Lipinski definition) is 1. The van der Waals surface area contributed by atoms with Crippen molar-refractivity contribution in [2.45, 2.75) is 25.0 Å². The van der Waals surface area contributed by atoms with Crippen LogP contribution in [0.3, 0.4) is 0 Å². The second-order valence-corrected chi connectivity index (χ2v) is 6.66. The molecule has 2 fully saturated rings. The number of aromatic nitrogens is 3. The number of anilines is 2. The molecule has 1 aromatic carbocycles. The molecule has 5 rings (SSSR count). The Kier molecular flexibility index (Phi) is 4.58. The van der Waals surface area contributed by atoms with E-state index in [9.17, 15) is 0 Å². The maximum atomic E-state index is 8.12. The van der Waals surface area contributed by atoms with Gasteiger partial charge in [-0.1, -0.05) is 0 Å². The van der Waals surface area contributed by atoms with Crippen LogP contribution in [0.2, 0.25) is 0 Å². The van der Waals surface area contributed by atoms with Crippen LogP contribution in [-0.4, -0.2) is 46.0 Å². The van der Waals surface area contributed by atoms with Gasteiger partial charge in [-0.25, -0.2) is 9.50 Å². The Morgan fingerprint density at radius 3 is 2.41 bits per heavy atom. The zero-order valence-electron chi connectivity index (χ0n) is 14.6. The first-order valence-corrected chi connectivity index (χ1v) is 8.79. The largest absolute Gasteiger partial charge is 0.399 e. The Labute approximate surface area is 155 Å². The molecule has 138 valence electrons. The topological polar surface area (TPSA) is 103 Å². The molecular formula is C19H19N5O3. The fraction of sp³-hybridized carbons (Fsp3) is 0.316. The molecule has 3 aromatic rings. The van der Waals surface area contributed by atoms with Crippen molar-refractivity contribution in [2.75, 3.05) is 23.7 Å². The van der Waals surface area contributed by atoms with E-state index in [0.29, 0.717) is 18.0 Å². The van der Waals surface area contributed by atoms with Crippen LogP contribution in [0.15, 0.2) is 42.6 Å². The van der Waals surface area contributed by atoms with E-state index in [1.54, 1.807) is 0 Å². The monoisotopic (exact) mass is 365 g/mol. The molecule has 2 aromatic heterocycles. The first-order chi connectivity index (χ1) is 13.2. The number of nitrogen functional groups attached to an aromatic ring is 1. The fourth-order valence-corrected chi connectivity index (χ4v) is 3.69. The van der Waals surface area contributed by atoms with Gasteiger partial charge in [0.05, 0.1) is 12.2 Å². The van der Waals surface area contributed by atoms with Gasteiger partial charge in [0.15, 0.2) is 11.6 Å². The Hall–Kier alpha value is -3.22. The van der Waals surface area contributed by atoms with E-state index in [1.165, 1.54) is 0 Å². The molecule has 8 heteroatoms. The maximum Gasteiger partial charge on any atom is 0.373 e. The molecule has 27 heavy (non-hydrogen) atoms. The maximum absolute atomic E-state index is 8.12. The third kappa shape index (κ3) is 3.40. The van der Waals surface area contributed by atoms with E-state index >= 15 is 0 Å². The van der Waals surface area contributed by atoms with Gasteiger partial charge in [-0.05, 0) is 49.2 Å². The molecule has 8 nitrogen and oxygen atoms in total. The van der Waals surface area contributed by atoms with Crippen molar-refractivity contribution in [3.63, 3.8) is 0 Å². The Bertz CT molecular complexity index is 967. The number of ether oxygens (including phenoxy) is 1. The highest BCUT2D eigenvalue weighted by atomic mass is 16.5. The van der Waals surface area contributed by atoms with Crippen LogP contribution >= 0.6 is 0 Å². The number of carbonyl (C=O) groups excluding carboxylic acids is 2. The molecule has 0 saturated carbocycles. The van der Waals surface area contributed by atoms with Gasteiger partial charge in [0.1, 0.15) is 5.52 Å².